The SMILES string of the molecule is CCCCCCC(Oc1ccc(C(C)(C)CC)cc1C(C)(C)CC)C(=O)NCC(C)c1nc2n(n1)N=C(C)C2=Nc1ccc([N+]2(CC)CC2C#N)cc1. The van der Waals surface area contributed by atoms with Gasteiger partial charge >= 0.3 is 0 Å². The van der Waals surface area contributed by atoms with Crippen LogP contribution in [0.1, 0.15) is 143 Å². The Kier molecular flexibility index (Phi) is 12.3. The van der Waals surface area contributed by atoms with Gasteiger partial charge in [-0.05, 0) is 74.1 Å². The highest BCUT2D eigenvalue weighted by Gasteiger charge is 2.56. The summed E-state index contributed by atoms with van der Waals surface area (Å²) in [5, 5.41) is 21.9. The lowest BCUT2D eigenvalue weighted by Gasteiger charge is -2.31. The number of nitriles is 1. The van der Waals surface area contributed by atoms with Crippen molar-refractivity contribution in [2.75, 3.05) is 19.6 Å². The van der Waals surface area contributed by atoms with Crippen LogP contribution in [-0.4, -0.2) is 64.0 Å². The number of nitrogens with one attached hydrogen (secondary N) is 1. The second-order valence-electron chi connectivity index (χ2n) is 16.3. The molecule has 1 N–H and O–H groups in total. The van der Waals surface area contributed by atoms with Gasteiger partial charge in [-0.1, -0.05) is 86.8 Å². The molecule has 10 nitrogen and oxygen atoms in total. The Morgan fingerprint density at radius 1 is 1.06 bits per heavy atom. The molecule has 0 bridgehead atoms. The molecule has 5 rings (SSSR count). The van der Waals surface area contributed by atoms with E-state index in [1.165, 1.54) is 5.56 Å². The number of ether oxygens (including phenoxy) is 1. The van der Waals surface area contributed by atoms with E-state index in [0.717, 1.165) is 80.0 Å². The van der Waals surface area contributed by atoms with Gasteiger partial charge in [0.05, 0.1) is 17.9 Å². The summed E-state index contributed by atoms with van der Waals surface area (Å²) in [5.41, 5.74) is 5.72. The van der Waals surface area contributed by atoms with Crippen LogP contribution in [-0.2, 0) is 15.6 Å². The number of benzene rings is 2. The highest BCUT2D eigenvalue weighted by Crippen LogP contribution is 2.40. The summed E-state index contributed by atoms with van der Waals surface area (Å²) in [4.78, 5) is 25.2. The molecule has 53 heavy (non-hydrogen) atoms. The van der Waals surface area contributed by atoms with Crippen molar-refractivity contribution in [2.24, 2.45) is 10.1 Å². The summed E-state index contributed by atoms with van der Waals surface area (Å²) in [7, 11) is 0. The minimum absolute atomic E-state index is 0.0240. The molecule has 284 valence electrons. The summed E-state index contributed by atoms with van der Waals surface area (Å²) in [6, 6.07) is 17.1. The van der Waals surface area contributed by atoms with Gasteiger partial charge in [0, 0.05) is 30.2 Å². The normalized spacial score (nSPS) is 20.1. The van der Waals surface area contributed by atoms with E-state index in [-0.39, 0.29) is 28.7 Å². The Morgan fingerprint density at radius 2 is 1.77 bits per heavy atom. The van der Waals surface area contributed by atoms with Gasteiger partial charge in [-0.15, -0.1) is 9.89 Å². The number of nitrogens with zero attached hydrogens (tertiary/aromatic N) is 7. The standard InChI is InChI=1S/C43H60N8O2/c1-11-15-16-17-18-37(53-36-24-19-31(42(7,8)12-2)25-35(36)43(9,10)13-3)41(52)45-27-29(5)39-47-40-38(30(6)48-50(40)49-39)46-32-20-22-33(23-21-32)51(14-4)28-34(51)26-44/h19-25,29,34,37H,11-18,27-28H2,1-10H3/p+1. The molecule has 0 saturated carbocycles. The first-order valence-corrected chi connectivity index (χ1v) is 19.8. The molecule has 4 atom stereocenters. The summed E-state index contributed by atoms with van der Waals surface area (Å²) in [5.74, 6) is 1.70. The molecule has 1 saturated heterocycles. The molecular formula is C43H61N8O2+. The number of fused-ring (bicyclic) bond motifs is 1. The van der Waals surface area contributed by atoms with Gasteiger partial charge < -0.3 is 10.1 Å². The fourth-order valence-corrected chi connectivity index (χ4v) is 7.00. The number of hydrogen-bond donors (Lipinski definition) is 1. The van der Waals surface area contributed by atoms with Gasteiger partial charge in [0.25, 0.3) is 5.91 Å². The molecule has 2 aromatic carbocycles. The van der Waals surface area contributed by atoms with Crippen molar-refractivity contribution in [2.45, 2.75) is 143 Å². The van der Waals surface area contributed by atoms with Crippen molar-refractivity contribution in [3.05, 3.63) is 65.2 Å². The average Bonchev–Trinajstić information content (AvgIpc) is 3.64. The predicted octanol–water partition coefficient (Wildman–Crippen LogP) is 8.88. The maximum Gasteiger partial charge on any atom is 0.261 e. The van der Waals surface area contributed by atoms with Crippen LogP contribution in [0.2, 0.25) is 0 Å². The first-order valence-electron chi connectivity index (χ1n) is 19.8. The molecule has 2 aliphatic heterocycles. The van der Waals surface area contributed by atoms with Crippen LogP contribution in [0.4, 0.5) is 11.4 Å². The van der Waals surface area contributed by atoms with Crippen molar-refractivity contribution in [1.29, 1.82) is 5.26 Å². The number of quaternary nitrogens is 1. The smallest absolute Gasteiger partial charge is 0.261 e. The number of carbonyl (C=O) groups excluding carboxylic acids is 1. The van der Waals surface area contributed by atoms with Crippen LogP contribution >= 0.6 is 0 Å². The molecule has 1 amide bonds. The fourth-order valence-electron chi connectivity index (χ4n) is 7.00. The monoisotopic (exact) mass is 721 g/mol. The summed E-state index contributed by atoms with van der Waals surface area (Å²) in [6.07, 6.45) is 6.29. The van der Waals surface area contributed by atoms with Crippen LogP contribution < -0.4 is 14.5 Å². The maximum absolute atomic E-state index is 13.9. The van der Waals surface area contributed by atoms with E-state index in [2.05, 4.69) is 107 Å². The third-order valence-corrected chi connectivity index (χ3v) is 11.8. The topological polar surface area (TPSA) is 118 Å². The van der Waals surface area contributed by atoms with Gasteiger partial charge in [-0.3, -0.25) is 9.28 Å². The molecule has 0 aliphatic carbocycles. The number of carbonyl (C=O) groups is 1. The number of unbranched alkanes of at least 4 members (excludes halogenated alkanes) is 3. The van der Waals surface area contributed by atoms with Gasteiger partial charge in [-0.25, -0.2) is 9.98 Å². The average molecular weight is 722 g/mol. The van der Waals surface area contributed by atoms with Crippen molar-refractivity contribution in [3.63, 3.8) is 0 Å². The highest BCUT2D eigenvalue weighted by molar-refractivity contribution is 6.48. The van der Waals surface area contributed by atoms with Gasteiger partial charge in [0.1, 0.15) is 23.2 Å². The lowest BCUT2D eigenvalue weighted by Crippen LogP contribution is -2.40. The van der Waals surface area contributed by atoms with Gasteiger partial charge in [0.2, 0.25) is 11.9 Å². The van der Waals surface area contributed by atoms with Crippen LogP contribution in [0.5, 0.6) is 5.75 Å². The van der Waals surface area contributed by atoms with E-state index in [1.807, 2.05) is 26.0 Å². The van der Waals surface area contributed by atoms with E-state index >= 15 is 0 Å². The van der Waals surface area contributed by atoms with E-state index < -0.39 is 6.10 Å². The Labute approximate surface area is 317 Å². The largest absolute Gasteiger partial charge is 0.480 e. The Bertz CT molecular complexity index is 1870. The second kappa shape index (κ2) is 16.3. The first kappa shape index (κ1) is 39.8. The lowest BCUT2D eigenvalue weighted by atomic mass is 9.76. The zero-order chi connectivity index (χ0) is 38.6. The number of amides is 1. The second-order valence-corrected chi connectivity index (χ2v) is 16.3. The van der Waals surface area contributed by atoms with E-state index in [1.54, 1.807) is 4.79 Å². The van der Waals surface area contributed by atoms with Crippen molar-refractivity contribution < 1.29 is 9.53 Å². The van der Waals surface area contributed by atoms with E-state index in [0.29, 0.717) is 34.8 Å². The highest BCUT2D eigenvalue weighted by atomic mass is 16.5. The summed E-state index contributed by atoms with van der Waals surface area (Å²) >= 11 is 0. The molecule has 4 unspecified atom stereocenters. The molecule has 0 spiro atoms. The van der Waals surface area contributed by atoms with E-state index in [4.69, 9.17) is 14.7 Å². The third kappa shape index (κ3) is 8.56. The van der Waals surface area contributed by atoms with Gasteiger partial charge in [-0.2, -0.15) is 10.4 Å². The fraction of sp³-hybridized carbons (Fsp3) is 0.581. The molecule has 10 heteroatoms. The summed E-state index contributed by atoms with van der Waals surface area (Å²) in [6.45, 7) is 23.8. The van der Waals surface area contributed by atoms with Gasteiger partial charge in [0.15, 0.2) is 18.5 Å². The molecule has 1 aromatic heterocycles. The van der Waals surface area contributed by atoms with Crippen LogP contribution in [0.3, 0.4) is 0 Å². The lowest BCUT2D eigenvalue weighted by molar-refractivity contribution is -0.128. The Hall–Kier alpha value is -4.36. The zero-order valence-corrected chi connectivity index (χ0v) is 33.8. The number of hydrogen-bond acceptors (Lipinski definition) is 7. The molecular weight excluding hydrogens is 661 g/mol. The van der Waals surface area contributed by atoms with Crippen LogP contribution in [0, 0.1) is 11.3 Å². The Balaban J connectivity index is 1.30. The quantitative estimate of drug-likeness (QED) is 0.0800. The van der Waals surface area contributed by atoms with E-state index in [9.17, 15) is 10.1 Å². The number of aromatic nitrogens is 3. The minimum Gasteiger partial charge on any atom is -0.480 e. The Morgan fingerprint density at radius 3 is 2.40 bits per heavy atom. The predicted molar refractivity (Wildman–Crippen MR) is 215 cm³/mol. The number of rotatable bonds is 18. The molecule has 0 radical (unpaired) electrons. The summed E-state index contributed by atoms with van der Waals surface area (Å²) < 4.78 is 7.40. The van der Waals surface area contributed by atoms with Crippen molar-refractivity contribution in [1.82, 2.24) is 24.7 Å². The van der Waals surface area contributed by atoms with Crippen molar-refractivity contribution in [3.8, 4) is 11.8 Å². The number of aliphatic imine (C=N–C) groups is 1. The third-order valence-electron chi connectivity index (χ3n) is 11.8. The molecule has 3 aromatic rings. The molecule has 2 aliphatic rings. The van der Waals surface area contributed by atoms with Crippen molar-refractivity contribution >= 4 is 28.7 Å². The molecule has 1 fully saturated rings. The minimum atomic E-state index is -0.607. The first-order chi connectivity index (χ1) is 25.2. The molecule has 3 heterocycles. The number of likely N-dealkylation sites (N-methyl/N-ethyl adjacent to an activating group) is 1. The van der Waals surface area contributed by atoms with Crippen LogP contribution in [0.25, 0.3) is 0 Å². The maximum atomic E-state index is 13.9. The zero-order valence-electron chi connectivity index (χ0n) is 33.8. The van der Waals surface area contributed by atoms with Crippen LogP contribution in [0.15, 0.2) is 52.6 Å².